The van der Waals surface area contributed by atoms with Gasteiger partial charge >= 0.3 is 0 Å². The molecule has 4 amide bonds. The van der Waals surface area contributed by atoms with Crippen LogP contribution in [-0.2, 0) is 19.2 Å². The lowest BCUT2D eigenvalue weighted by Gasteiger charge is -2.12. The molecule has 0 aliphatic heterocycles. The summed E-state index contributed by atoms with van der Waals surface area (Å²) in [6.07, 6.45) is 4.14. The zero-order valence-electron chi connectivity index (χ0n) is 11.7. The Hall–Kier alpha value is -3.38. The lowest BCUT2D eigenvalue weighted by Crippen LogP contribution is -2.35. The van der Waals surface area contributed by atoms with Crippen molar-refractivity contribution in [2.75, 3.05) is 0 Å². The molecule has 0 aliphatic rings. The van der Waals surface area contributed by atoms with Crippen LogP contribution in [0.3, 0.4) is 0 Å². The predicted molar refractivity (Wildman–Crippen MR) is 79.4 cm³/mol. The monoisotopic (exact) mass is 304 g/mol. The molecule has 116 valence electrons. The predicted octanol–water partition coefficient (Wildman–Crippen LogP) is -1.13. The summed E-state index contributed by atoms with van der Waals surface area (Å²) in [5, 5.41) is 4.52. The van der Waals surface area contributed by atoms with Crippen molar-refractivity contribution in [2.45, 2.75) is 6.42 Å². The fourth-order valence-electron chi connectivity index (χ4n) is 1.25. The molecule has 8 nitrogen and oxygen atoms in total. The first kappa shape index (κ1) is 18.6. The van der Waals surface area contributed by atoms with Crippen LogP contribution in [0.15, 0.2) is 54.6 Å². The topological polar surface area (TPSA) is 144 Å². The fourth-order valence-corrected chi connectivity index (χ4v) is 1.25. The van der Waals surface area contributed by atoms with Gasteiger partial charge in [-0.05, 0) is 12.2 Å². The molecule has 0 aliphatic carbocycles. The largest absolute Gasteiger partial charge is 0.366 e. The van der Waals surface area contributed by atoms with Gasteiger partial charge in [-0.25, -0.2) is 0 Å². The summed E-state index contributed by atoms with van der Waals surface area (Å²) in [6, 6.07) is 0. The van der Waals surface area contributed by atoms with Crippen LogP contribution in [0.1, 0.15) is 6.42 Å². The van der Waals surface area contributed by atoms with Gasteiger partial charge in [0.25, 0.3) is 11.8 Å². The molecule has 0 aromatic rings. The van der Waals surface area contributed by atoms with E-state index in [0.717, 1.165) is 18.2 Å². The van der Waals surface area contributed by atoms with Crippen molar-refractivity contribution in [1.29, 1.82) is 0 Å². The number of rotatable bonds is 8. The highest BCUT2D eigenvalue weighted by Gasteiger charge is 2.15. The zero-order chi connectivity index (χ0) is 17.1. The highest BCUT2D eigenvalue weighted by atomic mass is 16.2. The van der Waals surface area contributed by atoms with Gasteiger partial charge in [0.15, 0.2) is 0 Å². The Morgan fingerprint density at radius 3 is 2.18 bits per heavy atom. The number of carbonyl (C=O) groups excluding carboxylic acids is 4. The van der Waals surface area contributed by atoms with Gasteiger partial charge < -0.3 is 22.1 Å². The van der Waals surface area contributed by atoms with Gasteiger partial charge in [-0.3, -0.25) is 19.2 Å². The third-order valence-electron chi connectivity index (χ3n) is 2.09. The quantitative estimate of drug-likeness (QED) is 0.332. The Kier molecular flexibility index (Phi) is 8.05. The number of carbonyl (C=O) groups is 4. The van der Waals surface area contributed by atoms with Crippen molar-refractivity contribution in [3.8, 4) is 0 Å². The minimum absolute atomic E-state index is 0.0271. The van der Waals surface area contributed by atoms with Gasteiger partial charge in [0.05, 0.1) is 5.70 Å². The molecular weight excluding hydrogens is 288 g/mol. The molecule has 0 spiro atoms. The van der Waals surface area contributed by atoms with E-state index in [-0.39, 0.29) is 17.8 Å². The summed E-state index contributed by atoms with van der Waals surface area (Å²) in [5.41, 5.74) is 12.0. The molecule has 0 heterocycles. The summed E-state index contributed by atoms with van der Waals surface area (Å²) in [4.78, 5) is 45.0. The van der Waals surface area contributed by atoms with Gasteiger partial charge in [0.2, 0.25) is 11.8 Å². The van der Waals surface area contributed by atoms with Gasteiger partial charge in [-0.1, -0.05) is 19.2 Å². The maximum atomic E-state index is 11.5. The van der Waals surface area contributed by atoms with Gasteiger partial charge in [0.1, 0.15) is 5.70 Å². The van der Waals surface area contributed by atoms with E-state index in [2.05, 4.69) is 29.5 Å². The first-order valence-corrected chi connectivity index (χ1v) is 5.91. The summed E-state index contributed by atoms with van der Waals surface area (Å²) in [7, 11) is 0. The number of nitrogens with two attached hydrogens (primary N) is 2. The first-order chi connectivity index (χ1) is 10.3. The Labute approximate surface area is 126 Å². The molecule has 0 radical (unpaired) electrons. The van der Waals surface area contributed by atoms with Crippen LogP contribution in [0.2, 0.25) is 0 Å². The average molecular weight is 304 g/mol. The molecule has 8 heteroatoms. The number of hydrogen-bond acceptors (Lipinski definition) is 4. The third-order valence-corrected chi connectivity index (χ3v) is 2.09. The summed E-state index contributed by atoms with van der Waals surface area (Å²) >= 11 is 0. The van der Waals surface area contributed by atoms with Crippen LogP contribution < -0.4 is 22.1 Å². The molecule has 0 aromatic carbocycles. The van der Waals surface area contributed by atoms with Crippen LogP contribution in [-0.4, -0.2) is 23.6 Å². The zero-order valence-corrected chi connectivity index (χ0v) is 11.7. The van der Waals surface area contributed by atoms with Crippen molar-refractivity contribution in [3.63, 3.8) is 0 Å². The molecule has 0 atom stereocenters. The normalized spacial score (nSPS) is 10.9. The van der Waals surface area contributed by atoms with Crippen LogP contribution in [0, 0.1) is 0 Å². The lowest BCUT2D eigenvalue weighted by atomic mass is 10.2. The molecule has 22 heavy (non-hydrogen) atoms. The molecular formula is C14H16N4O4. The molecule has 0 bridgehead atoms. The number of primary amides is 2. The Morgan fingerprint density at radius 1 is 1.09 bits per heavy atom. The minimum Gasteiger partial charge on any atom is -0.366 e. The Morgan fingerprint density at radius 2 is 1.73 bits per heavy atom. The van der Waals surface area contributed by atoms with Crippen molar-refractivity contribution in [1.82, 2.24) is 10.6 Å². The van der Waals surface area contributed by atoms with Crippen molar-refractivity contribution in [2.24, 2.45) is 11.5 Å². The van der Waals surface area contributed by atoms with E-state index >= 15 is 0 Å². The maximum absolute atomic E-state index is 11.5. The molecule has 6 N–H and O–H groups in total. The van der Waals surface area contributed by atoms with Crippen molar-refractivity contribution in [3.05, 3.63) is 54.6 Å². The van der Waals surface area contributed by atoms with E-state index in [9.17, 15) is 19.2 Å². The average Bonchev–Trinajstić information content (AvgIpc) is 2.43. The smallest absolute Gasteiger partial charge is 0.267 e. The minimum atomic E-state index is -0.988. The second kappa shape index (κ2) is 9.51. The van der Waals surface area contributed by atoms with E-state index in [1.54, 1.807) is 0 Å². The lowest BCUT2D eigenvalue weighted by molar-refractivity contribution is -0.120. The van der Waals surface area contributed by atoms with Crippen LogP contribution >= 0.6 is 0 Å². The van der Waals surface area contributed by atoms with Gasteiger partial charge in [0, 0.05) is 12.5 Å². The molecule has 0 saturated heterocycles. The van der Waals surface area contributed by atoms with Gasteiger partial charge in [-0.15, -0.1) is 5.73 Å². The van der Waals surface area contributed by atoms with Crippen molar-refractivity contribution < 1.29 is 19.2 Å². The maximum Gasteiger partial charge on any atom is 0.267 e. The SMILES string of the molecule is C=C=CC(=O)NC(C(N)=O)=C(CC=CC(N)=O)NC(=O)C=C. The fraction of sp³-hybridized carbons (Fsp3) is 0.0714. The summed E-state index contributed by atoms with van der Waals surface area (Å²) < 4.78 is 0. The standard InChI is InChI=1S/C14H16N4O4/c1-3-6-12(21)18-13(14(16)22)9(17-11(20)4-2)7-5-8-10(15)19/h4-6,8H,1-2,7H2,(H2,15,19)(H2,16,22)(H,17,20)(H,18,21). The van der Waals surface area contributed by atoms with Crippen LogP contribution in [0.4, 0.5) is 0 Å². The van der Waals surface area contributed by atoms with Crippen LogP contribution in [0.25, 0.3) is 0 Å². The van der Waals surface area contributed by atoms with E-state index in [1.807, 2.05) is 0 Å². The van der Waals surface area contributed by atoms with Gasteiger partial charge in [-0.2, -0.15) is 0 Å². The number of allylic oxidation sites excluding steroid dienone is 1. The summed E-state index contributed by atoms with van der Waals surface area (Å²) in [6.45, 7) is 6.47. The molecule has 0 unspecified atom stereocenters. The van der Waals surface area contributed by atoms with Crippen molar-refractivity contribution >= 4 is 23.6 Å². The summed E-state index contributed by atoms with van der Waals surface area (Å²) in [5.74, 6) is -3.05. The second-order valence-electron chi connectivity index (χ2n) is 3.76. The second-order valence-corrected chi connectivity index (χ2v) is 3.76. The number of hydrogen-bond donors (Lipinski definition) is 4. The van der Waals surface area contributed by atoms with E-state index < -0.39 is 23.6 Å². The molecule has 0 aromatic heterocycles. The number of nitrogens with one attached hydrogen (secondary N) is 2. The highest BCUT2D eigenvalue weighted by molar-refractivity contribution is 6.00. The number of amides is 4. The van der Waals surface area contributed by atoms with E-state index in [0.29, 0.717) is 0 Å². The van der Waals surface area contributed by atoms with E-state index in [4.69, 9.17) is 11.5 Å². The first-order valence-electron chi connectivity index (χ1n) is 5.91. The molecule has 0 fully saturated rings. The van der Waals surface area contributed by atoms with Crippen LogP contribution in [0.5, 0.6) is 0 Å². The Bertz CT molecular complexity index is 610. The molecule has 0 rings (SSSR count). The highest BCUT2D eigenvalue weighted by Crippen LogP contribution is 2.05. The Balaban J connectivity index is 5.63. The third kappa shape index (κ3) is 7.27. The van der Waals surface area contributed by atoms with E-state index in [1.165, 1.54) is 6.08 Å². The molecule has 0 saturated carbocycles.